The molecule has 1 aromatic rings. The number of hydrogen-bond donors (Lipinski definition) is 1. The van der Waals surface area contributed by atoms with Gasteiger partial charge in [-0.1, -0.05) is 6.42 Å². The van der Waals surface area contributed by atoms with Gasteiger partial charge in [-0.05, 0) is 52.4 Å². The molecule has 0 radical (unpaired) electrons. The highest BCUT2D eigenvalue weighted by Gasteiger charge is 2.03. The highest BCUT2D eigenvalue weighted by atomic mass is 16.3. The third-order valence-electron chi connectivity index (χ3n) is 2.67. The van der Waals surface area contributed by atoms with Crippen molar-refractivity contribution in [2.75, 3.05) is 13.6 Å². The lowest BCUT2D eigenvalue weighted by Gasteiger charge is -2.15. The molecule has 3 heteroatoms. The van der Waals surface area contributed by atoms with Crippen molar-refractivity contribution in [1.29, 1.82) is 0 Å². The molecule has 2 N–H and O–H groups in total. The fourth-order valence-corrected chi connectivity index (χ4v) is 1.76. The average molecular weight is 224 g/mol. The van der Waals surface area contributed by atoms with E-state index < -0.39 is 0 Å². The van der Waals surface area contributed by atoms with Crippen molar-refractivity contribution in [3.63, 3.8) is 0 Å². The molecule has 1 unspecified atom stereocenters. The molecule has 0 saturated heterocycles. The molecule has 0 fully saturated rings. The smallest absolute Gasteiger partial charge is 0.118 e. The number of aryl methyl sites for hydroxylation is 1. The molecule has 92 valence electrons. The minimum Gasteiger partial charge on any atom is -0.465 e. The fraction of sp³-hybridized carbons (Fsp3) is 0.692. The summed E-state index contributed by atoms with van der Waals surface area (Å²) in [5.74, 6) is 2.03. The summed E-state index contributed by atoms with van der Waals surface area (Å²) in [6, 6.07) is 4.39. The van der Waals surface area contributed by atoms with Crippen LogP contribution in [0.1, 0.15) is 37.7 Å². The Morgan fingerprint density at radius 1 is 1.38 bits per heavy atom. The van der Waals surface area contributed by atoms with Crippen LogP contribution < -0.4 is 5.73 Å². The highest BCUT2D eigenvalue weighted by molar-refractivity contribution is 5.05. The molecular weight excluding hydrogens is 200 g/mol. The van der Waals surface area contributed by atoms with Crippen LogP contribution in [-0.4, -0.2) is 24.5 Å². The SMILES string of the molecule is Cc1ccc(CN(C)CCCCC(C)N)o1. The van der Waals surface area contributed by atoms with E-state index in [2.05, 4.69) is 18.9 Å². The van der Waals surface area contributed by atoms with Crippen molar-refractivity contribution < 1.29 is 4.42 Å². The van der Waals surface area contributed by atoms with Crippen molar-refractivity contribution in [1.82, 2.24) is 4.90 Å². The highest BCUT2D eigenvalue weighted by Crippen LogP contribution is 2.09. The Morgan fingerprint density at radius 3 is 2.69 bits per heavy atom. The Bertz CT molecular complexity index is 294. The Labute approximate surface area is 98.6 Å². The zero-order chi connectivity index (χ0) is 12.0. The molecule has 3 nitrogen and oxygen atoms in total. The molecule has 0 aliphatic carbocycles. The first-order valence-corrected chi connectivity index (χ1v) is 6.07. The van der Waals surface area contributed by atoms with Gasteiger partial charge in [-0.25, -0.2) is 0 Å². The number of furan rings is 1. The number of unbranched alkanes of at least 4 members (excludes halogenated alkanes) is 1. The molecular formula is C13H24N2O. The van der Waals surface area contributed by atoms with Gasteiger partial charge in [-0.15, -0.1) is 0 Å². The maximum Gasteiger partial charge on any atom is 0.118 e. The van der Waals surface area contributed by atoms with Gasteiger partial charge in [-0.3, -0.25) is 4.90 Å². The summed E-state index contributed by atoms with van der Waals surface area (Å²) < 4.78 is 5.54. The van der Waals surface area contributed by atoms with E-state index in [9.17, 15) is 0 Å². The average Bonchev–Trinajstić information content (AvgIpc) is 2.58. The molecule has 0 bridgehead atoms. The fourth-order valence-electron chi connectivity index (χ4n) is 1.76. The monoisotopic (exact) mass is 224 g/mol. The van der Waals surface area contributed by atoms with E-state index in [0.29, 0.717) is 6.04 Å². The predicted molar refractivity (Wildman–Crippen MR) is 67.3 cm³/mol. The van der Waals surface area contributed by atoms with Crippen molar-refractivity contribution >= 4 is 0 Å². The van der Waals surface area contributed by atoms with E-state index in [4.69, 9.17) is 10.2 Å². The van der Waals surface area contributed by atoms with Gasteiger partial charge in [0.05, 0.1) is 6.54 Å². The van der Waals surface area contributed by atoms with Gasteiger partial charge < -0.3 is 10.2 Å². The van der Waals surface area contributed by atoms with Gasteiger partial charge >= 0.3 is 0 Å². The summed E-state index contributed by atoms with van der Waals surface area (Å²) >= 11 is 0. The summed E-state index contributed by atoms with van der Waals surface area (Å²) in [6.45, 7) is 6.04. The van der Waals surface area contributed by atoms with Crippen LogP contribution in [0.5, 0.6) is 0 Å². The van der Waals surface area contributed by atoms with Crippen LogP contribution in [-0.2, 0) is 6.54 Å². The Balaban J connectivity index is 2.13. The normalized spacial score (nSPS) is 13.3. The van der Waals surface area contributed by atoms with Gasteiger partial charge in [0.25, 0.3) is 0 Å². The lowest BCUT2D eigenvalue weighted by atomic mass is 10.1. The molecule has 1 heterocycles. The molecule has 0 aromatic carbocycles. The standard InChI is InChI=1S/C13H24N2O/c1-11(14)6-4-5-9-15(3)10-13-8-7-12(2)16-13/h7-8,11H,4-6,9-10,14H2,1-3H3. The first kappa shape index (κ1) is 13.3. The number of rotatable bonds is 7. The molecule has 0 aliphatic rings. The van der Waals surface area contributed by atoms with Crippen LogP contribution in [0.25, 0.3) is 0 Å². The Morgan fingerprint density at radius 2 is 2.12 bits per heavy atom. The Kier molecular flexibility index (Phi) is 5.56. The Hall–Kier alpha value is -0.800. The zero-order valence-electron chi connectivity index (χ0n) is 10.7. The summed E-state index contributed by atoms with van der Waals surface area (Å²) in [6.07, 6.45) is 3.53. The van der Waals surface area contributed by atoms with E-state index >= 15 is 0 Å². The van der Waals surface area contributed by atoms with E-state index in [1.807, 2.05) is 19.1 Å². The van der Waals surface area contributed by atoms with E-state index in [0.717, 1.165) is 31.0 Å². The van der Waals surface area contributed by atoms with Crippen molar-refractivity contribution in [2.45, 2.75) is 45.7 Å². The molecule has 0 aliphatic heterocycles. The second-order valence-corrected chi connectivity index (χ2v) is 4.72. The molecule has 1 aromatic heterocycles. The third-order valence-corrected chi connectivity index (χ3v) is 2.67. The van der Waals surface area contributed by atoms with Gasteiger partial charge in [-0.2, -0.15) is 0 Å². The molecule has 1 atom stereocenters. The molecule has 0 spiro atoms. The number of hydrogen-bond acceptors (Lipinski definition) is 3. The van der Waals surface area contributed by atoms with Gasteiger partial charge in [0.15, 0.2) is 0 Å². The molecule has 1 rings (SSSR count). The molecule has 16 heavy (non-hydrogen) atoms. The maximum atomic E-state index is 5.71. The van der Waals surface area contributed by atoms with Crippen LogP contribution in [0.4, 0.5) is 0 Å². The van der Waals surface area contributed by atoms with E-state index in [1.165, 1.54) is 12.8 Å². The largest absolute Gasteiger partial charge is 0.465 e. The van der Waals surface area contributed by atoms with Gasteiger partial charge in [0.2, 0.25) is 0 Å². The zero-order valence-corrected chi connectivity index (χ0v) is 10.7. The summed E-state index contributed by atoms with van der Waals surface area (Å²) in [4.78, 5) is 2.29. The van der Waals surface area contributed by atoms with Crippen molar-refractivity contribution in [3.8, 4) is 0 Å². The van der Waals surface area contributed by atoms with Crippen LogP contribution in [0.3, 0.4) is 0 Å². The van der Waals surface area contributed by atoms with Gasteiger partial charge in [0.1, 0.15) is 11.5 Å². The minimum atomic E-state index is 0.332. The summed E-state index contributed by atoms with van der Waals surface area (Å²) in [5, 5.41) is 0. The van der Waals surface area contributed by atoms with Gasteiger partial charge in [0, 0.05) is 6.04 Å². The lowest BCUT2D eigenvalue weighted by molar-refractivity contribution is 0.285. The first-order valence-electron chi connectivity index (χ1n) is 6.07. The third kappa shape index (κ3) is 5.33. The summed E-state index contributed by atoms with van der Waals surface area (Å²) in [7, 11) is 2.13. The second-order valence-electron chi connectivity index (χ2n) is 4.72. The number of nitrogens with two attached hydrogens (primary N) is 1. The number of nitrogens with zero attached hydrogens (tertiary/aromatic N) is 1. The van der Waals surface area contributed by atoms with Crippen molar-refractivity contribution in [2.24, 2.45) is 5.73 Å². The van der Waals surface area contributed by atoms with Crippen LogP contribution in [0, 0.1) is 6.92 Å². The van der Waals surface area contributed by atoms with Crippen LogP contribution in [0.15, 0.2) is 16.5 Å². The van der Waals surface area contributed by atoms with E-state index in [-0.39, 0.29) is 0 Å². The lowest BCUT2D eigenvalue weighted by Crippen LogP contribution is -2.20. The van der Waals surface area contributed by atoms with Crippen molar-refractivity contribution in [3.05, 3.63) is 23.7 Å². The minimum absolute atomic E-state index is 0.332. The summed E-state index contributed by atoms with van der Waals surface area (Å²) in [5.41, 5.74) is 5.71. The quantitative estimate of drug-likeness (QED) is 0.724. The maximum absolute atomic E-state index is 5.71. The predicted octanol–water partition coefficient (Wildman–Crippen LogP) is 2.54. The van der Waals surface area contributed by atoms with E-state index in [1.54, 1.807) is 0 Å². The topological polar surface area (TPSA) is 42.4 Å². The molecule has 0 amide bonds. The van der Waals surface area contributed by atoms with Crippen LogP contribution in [0.2, 0.25) is 0 Å². The first-order chi connectivity index (χ1) is 7.58. The van der Waals surface area contributed by atoms with Crippen LogP contribution >= 0.6 is 0 Å². The molecule has 0 saturated carbocycles. The second kappa shape index (κ2) is 6.71.